The van der Waals surface area contributed by atoms with Crippen LogP contribution < -0.4 is 0 Å². The highest BCUT2D eigenvalue weighted by molar-refractivity contribution is 5.26. The molecule has 0 aromatic rings. The molecule has 1 saturated carbocycles. The van der Waals surface area contributed by atoms with Crippen LogP contribution in [0.5, 0.6) is 0 Å². The van der Waals surface area contributed by atoms with Gasteiger partial charge in [-0.3, -0.25) is 0 Å². The van der Waals surface area contributed by atoms with Crippen molar-refractivity contribution in [1.82, 2.24) is 0 Å². The summed E-state index contributed by atoms with van der Waals surface area (Å²) in [6.45, 7) is 11.3. The van der Waals surface area contributed by atoms with Crippen molar-refractivity contribution in [1.29, 1.82) is 0 Å². The lowest BCUT2D eigenvalue weighted by Crippen LogP contribution is -2.50. The standard InChI is InChI=1S/C12H20O/c1-8(2)9-10-11(3,4)6-7-12(10,5)13-9/h10H,6-7H2,1-5H3. The van der Waals surface area contributed by atoms with Crippen LogP contribution in [0.15, 0.2) is 11.3 Å². The lowest BCUT2D eigenvalue weighted by molar-refractivity contribution is -0.136. The molecule has 0 aromatic heterocycles. The molecule has 1 heterocycles. The molecule has 2 atom stereocenters. The zero-order chi connectivity index (χ0) is 9.85. The predicted molar refractivity (Wildman–Crippen MR) is 54.4 cm³/mol. The average Bonchev–Trinajstić information content (AvgIpc) is 2.09. The van der Waals surface area contributed by atoms with Gasteiger partial charge >= 0.3 is 0 Å². The molecule has 0 bridgehead atoms. The molecule has 2 unspecified atom stereocenters. The SMILES string of the molecule is CC(C)=C1OC2(C)CCC(C)(C)C12. The molecule has 74 valence electrons. The Hall–Kier alpha value is -0.460. The van der Waals surface area contributed by atoms with E-state index in [-0.39, 0.29) is 5.60 Å². The monoisotopic (exact) mass is 180 g/mol. The van der Waals surface area contributed by atoms with E-state index in [9.17, 15) is 0 Å². The first kappa shape index (κ1) is 9.11. The minimum Gasteiger partial charge on any atom is -0.491 e. The molecule has 13 heavy (non-hydrogen) atoms. The highest BCUT2D eigenvalue weighted by atomic mass is 16.5. The summed E-state index contributed by atoms with van der Waals surface area (Å²) in [5, 5.41) is 0. The number of fused-ring (bicyclic) bond motifs is 1. The molecular weight excluding hydrogens is 160 g/mol. The van der Waals surface area contributed by atoms with Gasteiger partial charge in [0.1, 0.15) is 11.4 Å². The Kier molecular flexibility index (Phi) is 1.62. The largest absolute Gasteiger partial charge is 0.491 e. The van der Waals surface area contributed by atoms with Crippen LogP contribution in [0, 0.1) is 11.3 Å². The van der Waals surface area contributed by atoms with E-state index in [0.717, 1.165) is 0 Å². The van der Waals surface area contributed by atoms with Crippen molar-refractivity contribution in [2.24, 2.45) is 11.3 Å². The van der Waals surface area contributed by atoms with Crippen molar-refractivity contribution in [3.8, 4) is 0 Å². The molecule has 2 aliphatic rings. The summed E-state index contributed by atoms with van der Waals surface area (Å²) < 4.78 is 5.93. The molecule has 1 saturated heterocycles. The van der Waals surface area contributed by atoms with Gasteiger partial charge in [-0.1, -0.05) is 13.8 Å². The summed E-state index contributed by atoms with van der Waals surface area (Å²) in [5.74, 6) is 1.94. The van der Waals surface area contributed by atoms with Crippen molar-refractivity contribution in [3.63, 3.8) is 0 Å². The fourth-order valence-electron chi connectivity index (χ4n) is 3.07. The minimum absolute atomic E-state index is 0.163. The van der Waals surface area contributed by atoms with Gasteiger partial charge in [-0.05, 0) is 44.6 Å². The van der Waals surface area contributed by atoms with Gasteiger partial charge in [0, 0.05) is 0 Å². The van der Waals surface area contributed by atoms with Crippen LogP contribution in [0.2, 0.25) is 0 Å². The van der Waals surface area contributed by atoms with Crippen LogP contribution >= 0.6 is 0 Å². The Morgan fingerprint density at radius 1 is 1.23 bits per heavy atom. The molecule has 0 radical (unpaired) electrons. The number of allylic oxidation sites excluding steroid dienone is 1. The van der Waals surface area contributed by atoms with E-state index in [1.807, 2.05) is 0 Å². The Labute approximate surface area is 81.2 Å². The van der Waals surface area contributed by atoms with E-state index in [1.54, 1.807) is 0 Å². The zero-order valence-corrected chi connectivity index (χ0v) is 9.40. The summed E-state index contributed by atoms with van der Waals surface area (Å²) in [7, 11) is 0. The van der Waals surface area contributed by atoms with E-state index in [1.165, 1.54) is 24.2 Å². The number of ether oxygens (including phenoxy) is 1. The Morgan fingerprint density at radius 3 is 2.31 bits per heavy atom. The molecule has 1 aliphatic carbocycles. The van der Waals surface area contributed by atoms with E-state index in [0.29, 0.717) is 11.3 Å². The third-order valence-electron chi connectivity index (χ3n) is 3.76. The maximum atomic E-state index is 5.93. The second-order valence-corrected chi connectivity index (χ2v) is 5.70. The highest BCUT2D eigenvalue weighted by Gasteiger charge is 2.61. The lowest BCUT2D eigenvalue weighted by Gasteiger charge is -2.50. The molecule has 1 nitrogen and oxygen atoms in total. The number of hydrogen-bond donors (Lipinski definition) is 0. The summed E-state index contributed by atoms with van der Waals surface area (Å²) in [5.41, 5.74) is 1.97. The van der Waals surface area contributed by atoms with Crippen molar-refractivity contribution in [3.05, 3.63) is 11.3 Å². The second-order valence-electron chi connectivity index (χ2n) is 5.70. The number of rotatable bonds is 0. The van der Waals surface area contributed by atoms with Gasteiger partial charge in [0.25, 0.3) is 0 Å². The molecule has 2 rings (SSSR count). The Bertz CT molecular complexity index is 259. The zero-order valence-electron chi connectivity index (χ0n) is 9.40. The molecule has 0 N–H and O–H groups in total. The summed E-state index contributed by atoms with van der Waals surface area (Å²) in [6, 6.07) is 0. The molecule has 0 aromatic carbocycles. The predicted octanol–water partition coefficient (Wildman–Crippen LogP) is 3.51. The number of hydrogen-bond acceptors (Lipinski definition) is 1. The topological polar surface area (TPSA) is 9.23 Å². The third kappa shape index (κ3) is 1.06. The minimum atomic E-state index is 0.163. The van der Waals surface area contributed by atoms with Crippen LogP contribution in [0.3, 0.4) is 0 Å². The summed E-state index contributed by atoms with van der Waals surface area (Å²) >= 11 is 0. The van der Waals surface area contributed by atoms with E-state index in [2.05, 4.69) is 34.6 Å². The summed E-state index contributed by atoms with van der Waals surface area (Å²) in [6.07, 6.45) is 2.52. The van der Waals surface area contributed by atoms with Gasteiger partial charge in [0.05, 0.1) is 5.92 Å². The van der Waals surface area contributed by atoms with Gasteiger partial charge in [0.2, 0.25) is 0 Å². The molecular formula is C12H20O. The summed E-state index contributed by atoms with van der Waals surface area (Å²) in [4.78, 5) is 0. The fourth-order valence-corrected chi connectivity index (χ4v) is 3.07. The molecule has 1 aliphatic heterocycles. The maximum absolute atomic E-state index is 5.93. The van der Waals surface area contributed by atoms with E-state index in [4.69, 9.17) is 4.74 Å². The Morgan fingerprint density at radius 2 is 1.85 bits per heavy atom. The molecule has 1 heteroatoms. The molecule has 2 fully saturated rings. The van der Waals surface area contributed by atoms with Crippen LogP contribution in [0.1, 0.15) is 47.5 Å². The first-order valence-corrected chi connectivity index (χ1v) is 5.23. The van der Waals surface area contributed by atoms with Gasteiger partial charge in [-0.2, -0.15) is 0 Å². The van der Waals surface area contributed by atoms with Crippen LogP contribution in [0.25, 0.3) is 0 Å². The van der Waals surface area contributed by atoms with E-state index >= 15 is 0 Å². The smallest absolute Gasteiger partial charge is 0.116 e. The van der Waals surface area contributed by atoms with Gasteiger partial charge in [0.15, 0.2) is 0 Å². The van der Waals surface area contributed by atoms with Crippen LogP contribution in [-0.4, -0.2) is 5.60 Å². The average molecular weight is 180 g/mol. The third-order valence-corrected chi connectivity index (χ3v) is 3.76. The fraction of sp³-hybridized carbons (Fsp3) is 0.833. The van der Waals surface area contributed by atoms with Gasteiger partial charge < -0.3 is 4.74 Å². The second kappa shape index (κ2) is 2.31. The van der Waals surface area contributed by atoms with Gasteiger partial charge in [-0.25, -0.2) is 0 Å². The first-order chi connectivity index (χ1) is 5.87. The lowest BCUT2D eigenvalue weighted by atomic mass is 9.71. The Balaban J connectivity index is 2.35. The highest BCUT2D eigenvalue weighted by Crippen LogP contribution is 2.62. The van der Waals surface area contributed by atoms with Crippen LogP contribution in [0.4, 0.5) is 0 Å². The van der Waals surface area contributed by atoms with Crippen molar-refractivity contribution >= 4 is 0 Å². The van der Waals surface area contributed by atoms with Gasteiger partial charge in [-0.15, -0.1) is 0 Å². The quantitative estimate of drug-likeness (QED) is 0.554. The van der Waals surface area contributed by atoms with Crippen molar-refractivity contribution < 1.29 is 4.74 Å². The van der Waals surface area contributed by atoms with Crippen molar-refractivity contribution in [2.75, 3.05) is 0 Å². The van der Waals surface area contributed by atoms with Crippen molar-refractivity contribution in [2.45, 2.75) is 53.1 Å². The first-order valence-electron chi connectivity index (χ1n) is 5.23. The van der Waals surface area contributed by atoms with Crippen LogP contribution in [-0.2, 0) is 4.74 Å². The maximum Gasteiger partial charge on any atom is 0.116 e. The molecule has 0 spiro atoms. The normalized spacial score (nSPS) is 40.7. The molecule has 0 amide bonds. The van der Waals surface area contributed by atoms with E-state index < -0.39 is 0 Å².